The van der Waals surface area contributed by atoms with Gasteiger partial charge in [-0.2, -0.15) is 0 Å². The van der Waals surface area contributed by atoms with Crippen LogP contribution in [-0.2, 0) is 6.54 Å². The highest BCUT2D eigenvalue weighted by Gasteiger charge is 2.27. The summed E-state index contributed by atoms with van der Waals surface area (Å²) in [5.41, 5.74) is 2.46. The molecule has 2 aliphatic rings. The van der Waals surface area contributed by atoms with Gasteiger partial charge in [0.1, 0.15) is 5.75 Å². The number of benzene rings is 1. The molecule has 0 spiro atoms. The summed E-state index contributed by atoms with van der Waals surface area (Å²) in [6.45, 7) is 5.23. The Morgan fingerprint density at radius 1 is 1.17 bits per heavy atom. The van der Waals surface area contributed by atoms with Crippen LogP contribution in [0.1, 0.15) is 29.5 Å². The van der Waals surface area contributed by atoms with E-state index in [4.69, 9.17) is 9.72 Å². The first kappa shape index (κ1) is 15.0. The molecular weight excluding hydrogens is 306 g/mol. The van der Waals surface area contributed by atoms with E-state index in [2.05, 4.69) is 27.3 Å². The Morgan fingerprint density at radius 3 is 2.70 bits per heavy atom. The SMILES string of the molecule is COc1ccccc1N1CCN(Cc2csc(C3CC3)n2)CC1. The zero-order valence-corrected chi connectivity index (χ0v) is 14.4. The number of nitrogens with zero attached hydrogens (tertiary/aromatic N) is 3. The molecule has 1 aromatic heterocycles. The molecule has 1 aromatic carbocycles. The average molecular weight is 329 g/mol. The van der Waals surface area contributed by atoms with Crippen LogP contribution in [-0.4, -0.2) is 43.2 Å². The van der Waals surface area contributed by atoms with Crippen LogP contribution in [0.25, 0.3) is 0 Å². The van der Waals surface area contributed by atoms with Gasteiger partial charge >= 0.3 is 0 Å². The molecule has 2 aromatic rings. The number of methoxy groups -OCH3 is 1. The standard InChI is InChI=1S/C18H23N3OS/c1-22-17-5-3-2-4-16(17)21-10-8-20(9-11-21)12-15-13-23-18(19-15)14-6-7-14/h2-5,13-14H,6-12H2,1H3. The van der Waals surface area contributed by atoms with Crippen molar-refractivity contribution >= 4 is 17.0 Å². The van der Waals surface area contributed by atoms with Crippen molar-refractivity contribution in [2.45, 2.75) is 25.3 Å². The van der Waals surface area contributed by atoms with Gasteiger partial charge in [0.2, 0.25) is 0 Å². The number of hydrogen-bond donors (Lipinski definition) is 0. The number of aromatic nitrogens is 1. The van der Waals surface area contributed by atoms with Crippen LogP contribution >= 0.6 is 11.3 Å². The molecule has 1 saturated heterocycles. The van der Waals surface area contributed by atoms with E-state index in [1.54, 1.807) is 7.11 Å². The van der Waals surface area contributed by atoms with E-state index < -0.39 is 0 Å². The molecule has 0 bridgehead atoms. The van der Waals surface area contributed by atoms with Crippen LogP contribution in [0.15, 0.2) is 29.6 Å². The van der Waals surface area contributed by atoms with Crippen molar-refractivity contribution in [1.29, 1.82) is 0 Å². The zero-order chi connectivity index (χ0) is 15.6. The Bertz CT molecular complexity index is 660. The average Bonchev–Trinajstić information content (AvgIpc) is 3.35. The van der Waals surface area contributed by atoms with Gasteiger partial charge in [-0.1, -0.05) is 12.1 Å². The molecule has 0 N–H and O–H groups in total. The number of para-hydroxylation sites is 2. The lowest BCUT2D eigenvalue weighted by atomic mass is 10.2. The third-order valence-electron chi connectivity index (χ3n) is 4.68. The van der Waals surface area contributed by atoms with Gasteiger partial charge in [0.25, 0.3) is 0 Å². The first-order chi connectivity index (χ1) is 11.3. The minimum absolute atomic E-state index is 0.774. The maximum absolute atomic E-state index is 5.49. The number of piperazine rings is 1. The van der Waals surface area contributed by atoms with E-state index in [0.717, 1.165) is 44.4 Å². The Kier molecular flexibility index (Phi) is 4.23. The highest BCUT2D eigenvalue weighted by molar-refractivity contribution is 7.09. The number of anilines is 1. The number of rotatable bonds is 5. The van der Waals surface area contributed by atoms with Crippen molar-refractivity contribution < 1.29 is 4.74 Å². The number of hydrogen-bond acceptors (Lipinski definition) is 5. The summed E-state index contributed by atoms with van der Waals surface area (Å²) in [5, 5.41) is 3.60. The van der Waals surface area contributed by atoms with E-state index in [1.807, 2.05) is 23.5 Å². The van der Waals surface area contributed by atoms with Crippen LogP contribution in [0.5, 0.6) is 5.75 Å². The maximum Gasteiger partial charge on any atom is 0.142 e. The van der Waals surface area contributed by atoms with E-state index in [-0.39, 0.29) is 0 Å². The molecule has 1 aliphatic carbocycles. The summed E-state index contributed by atoms with van der Waals surface area (Å²) in [6.07, 6.45) is 2.68. The smallest absolute Gasteiger partial charge is 0.142 e. The molecule has 0 unspecified atom stereocenters. The summed E-state index contributed by atoms with van der Waals surface area (Å²) in [5.74, 6) is 1.74. The molecule has 1 saturated carbocycles. The number of ether oxygens (including phenoxy) is 1. The Hall–Kier alpha value is -1.59. The van der Waals surface area contributed by atoms with Gasteiger partial charge < -0.3 is 9.64 Å². The van der Waals surface area contributed by atoms with Crippen molar-refractivity contribution in [2.75, 3.05) is 38.2 Å². The Balaban J connectivity index is 1.35. The lowest BCUT2D eigenvalue weighted by Crippen LogP contribution is -2.46. The fraction of sp³-hybridized carbons (Fsp3) is 0.500. The predicted molar refractivity (Wildman–Crippen MR) is 94.6 cm³/mol. The van der Waals surface area contributed by atoms with Crippen molar-refractivity contribution in [2.24, 2.45) is 0 Å². The normalized spacial score (nSPS) is 19.1. The molecule has 2 heterocycles. The molecule has 2 fully saturated rings. The minimum atomic E-state index is 0.774. The minimum Gasteiger partial charge on any atom is -0.495 e. The number of thiazole rings is 1. The van der Waals surface area contributed by atoms with Gasteiger partial charge in [-0.05, 0) is 25.0 Å². The fourth-order valence-corrected chi connectivity index (χ4v) is 4.16. The van der Waals surface area contributed by atoms with Crippen LogP contribution in [0.4, 0.5) is 5.69 Å². The predicted octanol–water partition coefficient (Wildman–Crippen LogP) is 3.35. The van der Waals surface area contributed by atoms with Gasteiger partial charge in [0, 0.05) is 44.0 Å². The maximum atomic E-state index is 5.49. The van der Waals surface area contributed by atoms with Crippen LogP contribution in [0.3, 0.4) is 0 Å². The van der Waals surface area contributed by atoms with E-state index in [1.165, 1.54) is 29.2 Å². The summed E-state index contributed by atoms with van der Waals surface area (Å²) in [7, 11) is 1.74. The highest BCUT2D eigenvalue weighted by Crippen LogP contribution is 2.41. The lowest BCUT2D eigenvalue weighted by molar-refractivity contribution is 0.246. The molecular formula is C18H23N3OS. The molecule has 1 aliphatic heterocycles. The first-order valence-electron chi connectivity index (χ1n) is 8.38. The second-order valence-corrected chi connectivity index (χ2v) is 7.28. The van der Waals surface area contributed by atoms with Crippen molar-refractivity contribution in [3.8, 4) is 5.75 Å². The largest absolute Gasteiger partial charge is 0.495 e. The fourth-order valence-electron chi connectivity index (χ4n) is 3.18. The van der Waals surface area contributed by atoms with Gasteiger partial charge in [-0.3, -0.25) is 4.90 Å². The summed E-state index contributed by atoms with van der Waals surface area (Å²) in [6, 6.07) is 8.30. The van der Waals surface area contributed by atoms with Crippen LogP contribution in [0, 0.1) is 0 Å². The molecule has 0 atom stereocenters. The van der Waals surface area contributed by atoms with Gasteiger partial charge in [0.15, 0.2) is 0 Å². The molecule has 4 rings (SSSR count). The van der Waals surface area contributed by atoms with Gasteiger partial charge in [-0.25, -0.2) is 4.98 Å². The van der Waals surface area contributed by atoms with E-state index >= 15 is 0 Å². The Morgan fingerprint density at radius 2 is 1.96 bits per heavy atom. The summed E-state index contributed by atoms with van der Waals surface area (Å²) < 4.78 is 5.49. The van der Waals surface area contributed by atoms with Crippen LogP contribution < -0.4 is 9.64 Å². The second kappa shape index (κ2) is 6.49. The molecule has 4 nitrogen and oxygen atoms in total. The lowest BCUT2D eigenvalue weighted by Gasteiger charge is -2.36. The topological polar surface area (TPSA) is 28.6 Å². The zero-order valence-electron chi connectivity index (χ0n) is 13.6. The van der Waals surface area contributed by atoms with Crippen molar-refractivity contribution in [1.82, 2.24) is 9.88 Å². The molecule has 5 heteroatoms. The first-order valence-corrected chi connectivity index (χ1v) is 9.26. The monoisotopic (exact) mass is 329 g/mol. The molecule has 0 amide bonds. The van der Waals surface area contributed by atoms with Crippen molar-refractivity contribution in [3.63, 3.8) is 0 Å². The van der Waals surface area contributed by atoms with Gasteiger partial charge in [0.05, 0.1) is 23.5 Å². The third kappa shape index (κ3) is 3.35. The molecule has 122 valence electrons. The summed E-state index contributed by atoms with van der Waals surface area (Å²) in [4.78, 5) is 9.75. The molecule has 23 heavy (non-hydrogen) atoms. The quantitative estimate of drug-likeness (QED) is 0.841. The van der Waals surface area contributed by atoms with Gasteiger partial charge in [-0.15, -0.1) is 11.3 Å². The van der Waals surface area contributed by atoms with E-state index in [0.29, 0.717) is 0 Å². The summed E-state index contributed by atoms with van der Waals surface area (Å²) >= 11 is 1.85. The second-order valence-electron chi connectivity index (χ2n) is 6.39. The van der Waals surface area contributed by atoms with E-state index in [9.17, 15) is 0 Å². The third-order valence-corrected chi connectivity index (χ3v) is 5.74. The van der Waals surface area contributed by atoms with Crippen LogP contribution in [0.2, 0.25) is 0 Å². The highest BCUT2D eigenvalue weighted by atomic mass is 32.1. The Labute approximate surface area is 141 Å². The molecule has 0 radical (unpaired) electrons. The van der Waals surface area contributed by atoms with Crippen molar-refractivity contribution in [3.05, 3.63) is 40.3 Å².